The first-order valence-corrected chi connectivity index (χ1v) is 7.88. The number of benzene rings is 2. The van der Waals surface area contributed by atoms with Gasteiger partial charge in [0, 0.05) is 19.0 Å². The van der Waals surface area contributed by atoms with E-state index in [2.05, 4.69) is 10.1 Å². The molecule has 8 heteroatoms. The second-order valence-electron chi connectivity index (χ2n) is 5.62. The van der Waals surface area contributed by atoms with Crippen LogP contribution in [0.3, 0.4) is 0 Å². The van der Waals surface area contributed by atoms with Crippen molar-refractivity contribution in [2.75, 3.05) is 13.1 Å². The molecule has 0 spiro atoms. The van der Waals surface area contributed by atoms with Crippen LogP contribution < -0.4 is 14.8 Å². The van der Waals surface area contributed by atoms with E-state index in [1.54, 1.807) is 6.07 Å². The maximum Gasteiger partial charge on any atom is 0.573 e. The molecule has 2 aromatic carbocycles. The Labute approximate surface area is 146 Å². The maximum atomic E-state index is 13.8. The maximum absolute atomic E-state index is 13.8. The van der Waals surface area contributed by atoms with Crippen LogP contribution in [0.2, 0.25) is 5.02 Å². The molecule has 2 aromatic rings. The van der Waals surface area contributed by atoms with Crippen molar-refractivity contribution in [3.05, 3.63) is 58.9 Å². The highest BCUT2D eigenvalue weighted by Gasteiger charge is 2.34. The second kappa shape index (κ2) is 7.09. The number of para-hydroxylation sites is 2. The molecule has 1 heterocycles. The van der Waals surface area contributed by atoms with Crippen LogP contribution in [0.4, 0.5) is 17.6 Å². The molecule has 0 saturated carbocycles. The second-order valence-corrected chi connectivity index (χ2v) is 6.03. The Morgan fingerprint density at radius 1 is 1.08 bits per heavy atom. The third-order valence-corrected chi connectivity index (χ3v) is 4.15. The third-order valence-electron chi connectivity index (χ3n) is 3.84. The lowest BCUT2D eigenvalue weighted by molar-refractivity contribution is -0.275. The summed E-state index contributed by atoms with van der Waals surface area (Å²) in [4.78, 5) is 0. The van der Waals surface area contributed by atoms with Crippen LogP contribution in [-0.2, 0) is 0 Å². The zero-order valence-electron chi connectivity index (χ0n) is 12.8. The average molecular weight is 376 g/mol. The molecule has 1 unspecified atom stereocenters. The third kappa shape index (κ3) is 4.35. The van der Waals surface area contributed by atoms with Crippen molar-refractivity contribution in [3.8, 4) is 11.5 Å². The van der Waals surface area contributed by atoms with E-state index in [4.69, 9.17) is 16.3 Å². The Kier molecular flexibility index (Phi) is 5.06. The minimum absolute atomic E-state index is 0.0143. The molecule has 1 saturated heterocycles. The molecule has 0 amide bonds. The van der Waals surface area contributed by atoms with Gasteiger partial charge < -0.3 is 14.8 Å². The molecule has 1 aliphatic heterocycles. The Morgan fingerprint density at radius 3 is 2.32 bits per heavy atom. The van der Waals surface area contributed by atoms with Crippen molar-refractivity contribution in [3.63, 3.8) is 0 Å². The van der Waals surface area contributed by atoms with E-state index in [9.17, 15) is 17.6 Å². The number of rotatable bonds is 5. The summed E-state index contributed by atoms with van der Waals surface area (Å²) in [5.41, 5.74) is 0.496. The fraction of sp³-hybridized carbons (Fsp3) is 0.294. The number of ether oxygens (including phenoxy) is 2. The van der Waals surface area contributed by atoms with Gasteiger partial charge in [0.25, 0.3) is 0 Å². The number of hydrogen-bond acceptors (Lipinski definition) is 3. The van der Waals surface area contributed by atoms with Crippen molar-refractivity contribution < 1.29 is 27.0 Å². The average Bonchev–Trinajstić information content (AvgIpc) is 2.48. The van der Waals surface area contributed by atoms with Gasteiger partial charge >= 0.3 is 6.36 Å². The zero-order chi connectivity index (χ0) is 18.0. The van der Waals surface area contributed by atoms with E-state index >= 15 is 0 Å². The predicted octanol–water partition coefficient (Wildman–Crippen LogP) is 4.72. The Morgan fingerprint density at radius 2 is 1.76 bits per heavy atom. The molecule has 0 aromatic heterocycles. The van der Waals surface area contributed by atoms with Crippen molar-refractivity contribution in [1.82, 2.24) is 5.32 Å². The summed E-state index contributed by atoms with van der Waals surface area (Å²) in [6.45, 7) is 1.22. The van der Waals surface area contributed by atoms with Crippen molar-refractivity contribution in [2.24, 2.45) is 5.92 Å². The van der Waals surface area contributed by atoms with E-state index in [0.717, 1.165) is 0 Å². The lowest BCUT2D eigenvalue weighted by Gasteiger charge is -2.35. The largest absolute Gasteiger partial charge is 0.573 e. The molecule has 1 atom stereocenters. The van der Waals surface area contributed by atoms with Gasteiger partial charge in [0.1, 0.15) is 11.9 Å². The summed E-state index contributed by atoms with van der Waals surface area (Å²) in [6, 6.07) is 9.73. The van der Waals surface area contributed by atoms with Gasteiger partial charge in [-0.3, -0.25) is 0 Å². The van der Waals surface area contributed by atoms with Crippen molar-refractivity contribution >= 4 is 11.6 Å². The van der Waals surface area contributed by atoms with Crippen LogP contribution in [0, 0.1) is 11.7 Å². The molecule has 25 heavy (non-hydrogen) atoms. The van der Waals surface area contributed by atoms with Crippen LogP contribution in [0.1, 0.15) is 11.7 Å². The Hall–Kier alpha value is -1.99. The zero-order valence-corrected chi connectivity index (χ0v) is 13.6. The first-order chi connectivity index (χ1) is 11.8. The molecule has 1 N–H and O–H groups in total. The summed E-state index contributed by atoms with van der Waals surface area (Å²) in [7, 11) is 0. The molecule has 3 rings (SSSR count). The predicted molar refractivity (Wildman–Crippen MR) is 84.3 cm³/mol. The highest BCUT2D eigenvalue weighted by atomic mass is 35.5. The van der Waals surface area contributed by atoms with E-state index in [-0.39, 0.29) is 16.7 Å². The highest BCUT2D eigenvalue weighted by molar-refractivity contribution is 6.30. The number of nitrogens with one attached hydrogen (secondary N) is 1. The Bertz CT molecular complexity index is 750. The van der Waals surface area contributed by atoms with Gasteiger partial charge in [0.15, 0.2) is 11.5 Å². The van der Waals surface area contributed by atoms with Crippen LogP contribution in [0.25, 0.3) is 0 Å². The van der Waals surface area contributed by atoms with Gasteiger partial charge in [-0.05, 0) is 29.8 Å². The number of halogens is 5. The summed E-state index contributed by atoms with van der Waals surface area (Å²) < 4.78 is 61.3. The first kappa shape index (κ1) is 17.8. The molecule has 3 nitrogen and oxygen atoms in total. The minimum Gasteiger partial charge on any atom is -0.481 e. The smallest absolute Gasteiger partial charge is 0.481 e. The molecule has 0 radical (unpaired) electrons. The molecule has 1 aliphatic rings. The van der Waals surface area contributed by atoms with Crippen molar-refractivity contribution in [2.45, 2.75) is 12.5 Å². The molecule has 1 fully saturated rings. The topological polar surface area (TPSA) is 30.5 Å². The van der Waals surface area contributed by atoms with Crippen LogP contribution in [0.5, 0.6) is 11.5 Å². The molecule has 0 bridgehead atoms. The standard InChI is InChI=1S/C17H14ClF4NO2/c18-12-6-5-10(7-13(12)19)16(11-8-23-9-11)24-14-3-1-2-4-15(14)25-17(20,21)22/h1-7,11,16,23H,8-9H2. The summed E-state index contributed by atoms with van der Waals surface area (Å²) in [5.74, 6) is -1.13. The van der Waals surface area contributed by atoms with E-state index in [1.807, 2.05) is 0 Å². The van der Waals surface area contributed by atoms with Gasteiger partial charge in [-0.1, -0.05) is 29.8 Å². The summed E-state index contributed by atoms with van der Waals surface area (Å²) in [5, 5.41) is 3.03. The SMILES string of the molecule is Fc1cc(C(Oc2ccccc2OC(F)(F)F)C2CNC2)ccc1Cl. The fourth-order valence-corrected chi connectivity index (χ4v) is 2.66. The van der Waals surface area contributed by atoms with Gasteiger partial charge in [0.05, 0.1) is 5.02 Å². The number of hydrogen-bond donors (Lipinski definition) is 1. The quantitative estimate of drug-likeness (QED) is 0.767. The normalized spacial score (nSPS) is 16.2. The van der Waals surface area contributed by atoms with Gasteiger partial charge in [-0.2, -0.15) is 0 Å². The van der Waals surface area contributed by atoms with E-state index < -0.39 is 24.0 Å². The lowest BCUT2D eigenvalue weighted by atomic mass is 9.90. The van der Waals surface area contributed by atoms with Crippen LogP contribution in [-0.4, -0.2) is 19.5 Å². The molecule has 134 valence electrons. The fourth-order valence-electron chi connectivity index (χ4n) is 2.54. The monoisotopic (exact) mass is 375 g/mol. The molecule has 0 aliphatic carbocycles. The number of alkyl halides is 3. The van der Waals surface area contributed by atoms with E-state index in [1.165, 1.54) is 36.4 Å². The van der Waals surface area contributed by atoms with Crippen LogP contribution in [0.15, 0.2) is 42.5 Å². The van der Waals surface area contributed by atoms with E-state index in [0.29, 0.717) is 18.7 Å². The summed E-state index contributed by atoms with van der Waals surface area (Å²) in [6.07, 6.45) is -5.47. The molecular formula is C17H14ClF4NO2. The van der Waals surface area contributed by atoms with Crippen LogP contribution >= 0.6 is 11.6 Å². The highest BCUT2D eigenvalue weighted by Crippen LogP contribution is 2.38. The lowest BCUT2D eigenvalue weighted by Crippen LogP contribution is -2.46. The van der Waals surface area contributed by atoms with Crippen molar-refractivity contribution in [1.29, 1.82) is 0 Å². The van der Waals surface area contributed by atoms with Gasteiger partial charge in [-0.25, -0.2) is 4.39 Å². The van der Waals surface area contributed by atoms with Gasteiger partial charge in [0.2, 0.25) is 0 Å². The minimum atomic E-state index is -4.83. The molecular weight excluding hydrogens is 362 g/mol. The summed E-state index contributed by atoms with van der Waals surface area (Å²) >= 11 is 5.70. The first-order valence-electron chi connectivity index (χ1n) is 7.50. The Balaban J connectivity index is 1.90. The van der Waals surface area contributed by atoms with Gasteiger partial charge in [-0.15, -0.1) is 13.2 Å².